The third-order valence-corrected chi connectivity index (χ3v) is 4.39. The van der Waals surface area contributed by atoms with Gasteiger partial charge in [-0.2, -0.15) is 0 Å². The van der Waals surface area contributed by atoms with Gasteiger partial charge < -0.3 is 9.47 Å². The summed E-state index contributed by atoms with van der Waals surface area (Å²) in [6.07, 6.45) is 4.00. The molecular weight excluding hydrogens is 288 g/mol. The molecule has 0 bridgehead atoms. The van der Waals surface area contributed by atoms with E-state index in [1.807, 2.05) is 17.2 Å². The highest BCUT2D eigenvalue weighted by Crippen LogP contribution is 2.27. The monoisotopic (exact) mass is 308 g/mol. The Labute approximate surface area is 130 Å². The first-order valence-electron chi connectivity index (χ1n) is 7.10. The van der Waals surface area contributed by atoms with Crippen LogP contribution < -0.4 is 0 Å². The molecule has 0 N–H and O–H groups in total. The Kier molecular flexibility index (Phi) is 5.17. The normalized spacial score (nSPS) is 17.1. The molecule has 1 aliphatic rings. The minimum Gasteiger partial charge on any atom is -0.343 e. The van der Waals surface area contributed by atoms with Crippen LogP contribution in [0.15, 0.2) is 22.2 Å². The van der Waals surface area contributed by atoms with E-state index in [0.29, 0.717) is 11.1 Å². The summed E-state index contributed by atoms with van der Waals surface area (Å²) in [6.45, 7) is 7.80. The molecule has 1 aromatic heterocycles. The molecule has 0 atom stereocenters. The van der Waals surface area contributed by atoms with Crippen LogP contribution in [0.1, 0.15) is 25.3 Å². The lowest BCUT2D eigenvalue weighted by molar-refractivity contribution is -0.130. The Balaban J connectivity index is 2.06. The summed E-state index contributed by atoms with van der Waals surface area (Å²) < 4.78 is 2.07. The van der Waals surface area contributed by atoms with Crippen LogP contribution in [0.3, 0.4) is 0 Å². The highest BCUT2D eigenvalue weighted by Gasteiger charge is 2.22. The summed E-state index contributed by atoms with van der Waals surface area (Å²) in [5.74, 6) is 1.47. The molecule has 1 aliphatic heterocycles. The predicted octanol–water partition coefficient (Wildman–Crippen LogP) is 2.69. The Morgan fingerprint density at radius 1 is 1.48 bits per heavy atom. The first kappa shape index (κ1) is 15.8. The van der Waals surface area contributed by atoms with E-state index in [0.717, 1.165) is 43.9 Å². The second kappa shape index (κ2) is 6.89. The van der Waals surface area contributed by atoms with Crippen LogP contribution in [0.4, 0.5) is 5.82 Å². The van der Waals surface area contributed by atoms with Gasteiger partial charge in [0.2, 0.25) is 5.91 Å². The van der Waals surface area contributed by atoms with Crippen molar-refractivity contribution >= 4 is 35.2 Å². The van der Waals surface area contributed by atoms with Crippen molar-refractivity contribution in [1.29, 1.82) is 0 Å². The molecule has 2 rings (SSSR count). The first-order valence-corrected chi connectivity index (χ1v) is 7.48. The zero-order valence-electron chi connectivity index (χ0n) is 12.5. The van der Waals surface area contributed by atoms with Crippen molar-refractivity contribution in [3.05, 3.63) is 17.8 Å². The van der Waals surface area contributed by atoms with Gasteiger partial charge >= 0.3 is 0 Å². The number of aromatic nitrogens is 1. The molecule has 21 heavy (non-hydrogen) atoms. The molecule has 1 saturated heterocycles. The van der Waals surface area contributed by atoms with Gasteiger partial charge in [0.15, 0.2) is 0 Å². The second-order valence-corrected chi connectivity index (χ2v) is 5.69. The lowest BCUT2D eigenvalue weighted by Gasteiger charge is -2.31. The molecule has 5 nitrogen and oxygen atoms in total. The summed E-state index contributed by atoms with van der Waals surface area (Å²) in [7, 11) is 1.66. The minimum absolute atomic E-state index is 0.163. The number of halogens is 1. The van der Waals surface area contributed by atoms with E-state index in [9.17, 15) is 4.79 Å². The van der Waals surface area contributed by atoms with Gasteiger partial charge in [0.1, 0.15) is 11.0 Å². The Morgan fingerprint density at radius 2 is 2.14 bits per heavy atom. The van der Waals surface area contributed by atoms with Crippen LogP contribution >= 0.6 is 11.6 Å². The van der Waals surface area contributed by atoms with E-state index in [1.54, 1.807) is 14.0 Å². The maximum absolute atomic E-state index is 11.3. The SMILES string of the molecule is C=Nc1c(/C(Cl)=N\C)ccn1CC1CCN(C(C)=O)CC1. The summed E-state index contributed by atoms with van der Waals surface area (Å²) in [5.41, 5.74) is 0.815. The third-order valence-electron chi connectivity index (χ3n) is 4.02. The molecule has 1 aromatic rings. The van der Waals surface area contributed by atoms with Gasteiger partial charge in [-0.3, -0.25) is 9.79 Å². The van der Waals surface area contributed by atoms with Crippen LogP contribution in [-0.4, -0.2) is 47.4 Å². The van der Waals surface area contributed by atoms with Crippen LogP contribution in [0, 0.1) is 5.92 Å². The van der Waals surface area contributed by atoms with Gasteiger partial charge in [-0.25, -0.2) is 4.99 Å². The van der Waals surface area contributed by atoms with Crippen molar-refractivity contribution in [1.82, 2.24) is 9.47 Å². The van der Waals surface area contributed by atoms with Crippen molar-refractivity contribution in [2.75, 3.05) is 20.1 Å². The number of amides is 1. The summed E-state index contributed by atoms with van der Waals surface area (Å²) in [6, 6.07) is 1.92. The summed E-state index contributed by atoms with van der Waals surface area (Å²) >= 11 is 6.09. The number of nitrogens with zero attached hydrogens (tertiary/aromatic N) is 4. The Morgan fingerprint density at radius 3 is 2.67 bits per heavy atom. The first-order chi connectivity index (χ1) is 10.1. The van der Waals surface area contributed by atoms with Gasteiger partial charge in [-0.1, -0.05) is 11.6 Å². The van der Waals surface area contributed by atoms with E-state index in [4.69, 9.17) is 11.6 Å². The van der Waals surface area contributed by atoms with Crippen molar-refractivity contribution < 1.29 is 4.79 Å². The molecule has 114 valence electrons. The zero-order chi connectivity index (χ0) is 15.4. The number of piperidine rings is 1. The quantitative estimate of drug-likeness (QED) is 0.789. The lowest BCUT2D eigenvalue weighted by atomic mass is 9.96. The summed E-state index contributed by atoms with van der Waals surface area (Å²) in [4.78, 5) is 21.3. The van der Waals surface area contributed by atoms with Gasteiger partial charge in [-0.05, 0) is 31.5 Å². The van der Waals surface area contributed by atoms with Crippen LogP contribution in [0.5, 0.6) is 0 Å². The van der Waals surface area contributed by atoms with Crippen molar-refractivity contribution in [3.63, 3.8) is 0 Å². The maximum Gasteiger partial charge on any atom is 0.219 e. The summed E-state index contributed by atoms with van der Waals surface area (Å²) in [5, 5.41) is 0.447. The van der Waals surface area contributed by atoms with Crippen molar-refractivity contribution in [2.24, 2.45) is 15.9 Å². The standard InChI is InChI=1S/C15H21ClN4O/c1-11(21)19-7-4-12(5-8-19)10-20-9-6-13(14(16)17-2)15(20)18-3/h6,9,12H,3-5,7-8,10H2,1-2H3/b17-14+. The number of hydrogen-bond acceptors (Lipinski definition) is 3. The van der Waals surface area contributed by atoms with E-state index < -0.39 is 0 Å². The maximum atomic E-state index is 11.3. The van der Waals surface area contributed by atoms with Crippen LogP contribution in [0.25, 0.3) is 0 Å². The van der Waals surface area contributed by atoms with Gasteiger partial charge in [0.25, 0.3) is 0 Å². The smallest absolute Gasteiger partial charge is 0.219 e. The number of likely N-dealkylation sites (tertiary alicyclic amines) is 1. The molecule has 1 amide bonds. The third kappa shape index (κ3) is 3.53. The molecule has 0 saturated carbocycles. The number of carbonyl (C=O) groups is 1. The van der Waals surface area contributed by atoms with Crippen LogP contribution in [0.2, 0.25) is 0 Å². The molecule has 2 heterocycles. The Bertz CT molecular complexity index is 556. The van der Waals surface area contributed by atoms with Gasteiger partial charge in [-0.15, -0.1) is 0 Å². The molecule has 0 radical (unpaired) electrons. The van der Waals surface area contributed by atoms with Gasteiger partial charge in [0.05, 0.1) is 5.56 Å². The fraction of sp³-hybridized carbons (Fsp3) is 0.533. The number of rotatable bonds is 4. The number of aliphatic imine (C=N–C) groups is 2. The molecule has 0 spiro atoms. The highest BCUT2D eigenvalue weighted by atomic mass is 35.5. The van der Waals surface area contributed by atoms with Crippen LogP contribution in [-0.2, 0) is 11.3 Å². The average Bonchev–Trinajstić information content (AvgIpc) is 2.89. The second-order valence-electron chi connectivity index (χ2n) is 5.33. The molecule has 0 aliphatic carbocycles. The predicted molar refractivity (Wildman–Crippen MR) is 86.9 cm³/mol. The molecule has 0 unspecified atom stereocenters. The zero-order valence-corrected chi connectivity index (χ0v) is 13.3. The lowest BCUT2D eigenvalue weighted by Crippen LogP contribution is -2.37. The average molecular weight is 309 g/mol. The number of hydrogen-bond donors (Lipinski definition) is 0. The molecule has 6 heteroatoms. The van der Waals surface area contributed by atoms with E-state index in [-0.39, 0.29) is 5.91 Å². The molecule has 1 fully saturated rings. The fourth-order valence-electron chi connectivity index (χ4n) is 2.78. The molecule has 0 aromatic carbocycles. The fourth-order valence-corrected chi connectivity index (χ4v) is 2.93. The minimum atomic E-state index is 0.163. The van der Waals surface area contributed by atoms with Gasteiger partial charge in [0, 0.05) is 39.8 Å². The van der Waals surface area contributed by atoms with Crippen molar-refractivity contribution in [3.8, 4) is 0 Å². The topological polar surface area (TPSA) is 50.0 Å². The van der Waals surface area contributed by atoms with Crippen molar-refractivity contribution in [2.45, 2.75) is 26.3 Å². The number of carbonyl (C=O) groups excluding carboxylic acids is 1. The highest BCUT2D eigenvalue weighted by molar-refractivity contribution is 6.70. The Hall–Kier alpha value is -1.62. The van der Waals surface area contributed by atoms with E-state index in [2.05, 4.69) is 21.3 Å². The van der Waals surface area contributed by atoms with E-state index >= 15 is 0 Å². The van der Waals surface area contributed by atoms with E-state index in [1.165, 1.54) is 0 Å². The largest absolute Gasteiger partial charge is 0.343 e. The molecular formula is C15H21ClN4O.